The van der Waals surface area contributed by atoms with Gasteiger partial charge in [0.2, 0.25) is 0 Å². The first kappa shape index (κ1) is 16.6. The summed E-state index contributed by atoms with van der Waals surface area (Å²) in [6.45, 7) is 5.31. The van der Waals surface area contributed by atoms with Crippen LogP contribution in [0, 0.1) is 0 Å². The van der Waals surface area contributed by atoms with Gasteiger partial charge in [-0.05, 0) is 37.5 Å². The second-order valence-electron chi connectivity index (χ2n) is 5.78. The van der Waals surface area contributed by atoms with E-state index in [-0.39, 0.29) is 0 Å². The third-order valence-electron chi connectivity index (χ3n) is 3.71. The van der Waals surface area contributed by atoms with Gasteiger partial charge in [-0.2, -0.15) is 0 Å². The molecule has 1 aliphatic rings. The molecular weight excluding hydrogens is 276 g/mol. The summed E-state index contributed by atoms with van der Waals surface area (Å²) in [6.07, 6.45) is 2.62. The fraction of sp³-hybridized carbons (Fsp3) is 0.588. The smallest absolute Gasteiger partial charge is 0.191 e. The second kappa shape index (κ2) is 8.63. The standard InChI is InChI=1S/C17H28N4O/c1-4-18-17(20-13-16-9-6-10-22-16)19-12-14-7-5-8-15(11-14)21(2)3/h5,7-8,11,16H,4,6,9-10,12-13H2,1-3H3,(H2,18,19,20). The van der Waals surface area contributed by atoms with E-state index in [4.69, 9.17) is 4.74 Å². The summed E-state index contributed by atoms with van der Waals surface area (Å²) in [5.41, 5.74) is 2.41. The molecule has 1 aromatic carbocycles. The molecule has 1 aromatic rings. The molecule has 0 saturated carbocycles. The van der Waals surface area contributed by atoms with Gasteiger partial charge in [0.15, 0.2) is 5.96 Å². The largest absolute Gasteiger partial charge is 0.378 e. The molecule has 1 atom stereocenters. The van der Waals surface area contributed by atoms with E-state index in [1.807, 2.05) is 0 Å². The number of nitrogens with zero attached hydrogens (tertiary/aromatic N) is 2. The number of aliphatic imine (C=N–C) groups is 1. The maximum atomic E-state index is 5.64. The normalized spacial score (nSPS) is 18.3. The topological polar surface area (TPSA) is 48.9 Å². The molecule has 1 saturated heterocycles. The number of nitrogens with one attached hydrogen (secondary N) is 2. The fourth-order valence-corrected chi connectivity index (χ4v) is 2.46. The van der Waals surface area contributed by atoms with Crippen LogP contribution in [-0.2, 0) is 11.3 Å². The molecule has 0 aromatic heterocycles. The Morgan fingerprint density at radius 2 is 2.23 bits per heavy atom. The van der Waals surface area contributed by atoms with Gasteiger partial charge in [-0.1, -0.05) is 12.1 Å². The van der Waals surface area contributed by atoms with Gasteiger partial charge >= 0.3 is 0 Å². The number of benzene rings is 1. The maximum Gasteiger partial charge on any atom is 0.191 e. The average molecular weight is 304 g/mol. The first-order valence-corrected chi connectivity index (χ1v) is 8.09. The lowest BCUT2D eigenvalue weighted by molar-refractivity contribution is 0.114. The van der Waals surface area contributed by atoms with Gasteiger partial charge < -0.3 is 20.3 Å². The van der Waals surface area contributed by atoms with Crippen LogP contribution in [0.2, 0.25) is 0 Å². The van der Waals surface area contributed by atoms with E-state index in [1.165, 1.54) is 11.3 Å². The van der Waals surface area contributed by atoms with Crippen molar-refractivity contribution in [1.29, 1.82) is 0 Å². The number of hydrogen-bond donors (Lipinski definition) is 2. The van der Waals surface area contributed by atoms with Crippen molar-refractivity contribution in [1.82, 2.24) is 10.6 Å². The molecule has 2 rings (SSSR count). The Labute approximate surface area is 133 Å². The molecule has 2 N–H and O–H groups in total. The zero-order valence-corrected chi connectivity index (χ0v) is 13.9. The van der Waals surface area contributed by atoms with E-state index >= 15 is 0 Å². The quantitative estimate of drug-likeness (QED) is 0.623. The molecule has 0 bridgehead atoms. The van der Waals surface area contributed by atoms with E-state index in [9.17, 15) is 0 Å². The zero-order chi connectivity index (χ0) is 15.8. The molecule has 5 heteroatoms. The Hall–Kier alpha value is -1.75. The SMILES string of the molecule is CCNC(=NCc1cccc(N(C)C)c1)NCC1CCCO1. The van der Waals surface area contributed by atoms with Gasteiger partial charge in [-0.15, -0.1) is 0 Å². The van der Waals surface area contributed by atoms with E-state index in [0.29, 0.717) is 12.6 Å². The Morgan fingerprint density at radius 3 is 2.91 bits per heavy atom. The predicted octanol–water partition coefficient (Wildman–Crippen LogP) is 1.99. The Balaban J connectivity index is 1.92. The number of guanidine groups is 1. The summed E-state index contributed by atoms with van der Waals surface area (Å²) >= 11 is 0. The summed E-state index contributed by atoms with van der Waals surface area (Å²) in [7, 11) is 4.10. The Kier molecular flexibility index (Phi) is 6.52. The van der Waals surface area contributed by atoms with Crippen LogP contribution in [0.1, 0.15) is 25.3 Å². The van der Waals surface area contributed by atoms with Crippen LogP contribution >= 0.6 is 0 Å². The molecule has 1 fully saturated rings. The predicted molar refractivity (Wildman–Crippen MR) is 92.6 cm³/mol. The van der Waals surface area contributed by atoms with Gasteiger partial charge in [0.25, 0.3) is 0 Å². The van der Waals surface area contributed by atoms with E-state index in [2.05, 4.69) is 65.8 Å². The maximum absolute atomic E-state index is 5.64. The fourth-order valence-electron chi connectivity index (χ4n) is 2.46. The summed E-state index contributed by atoms with van der Waals surface area (Å²) in [5.74, 6) is 0.855. The van der Waals surface area contributed by atoms with Crippen molar-refractivity contribution in [2.45, 2.75) is 32.4 Å². The number of rotatable bonds is 6. The summed E-state index contributed by atoms with van der Waals surface area (Å²) in [6, 6.07) is 8.47. The molecule has 0 aliphatic carbocycles. The van der Waals surface area contributed by atoms with Crippen molar-refractivity contribution in [3.05, 3.63) is 29.8 Å². The summed E-state index contributed by atoms with van der Waals surface area (Å²) in [5, 5.41) is 6.66. The van der Waals surface area contributed by atoms with Gasteiger partial charge in [-0.3, -0.25) is 0 Å². The molecule has 22 heavy (non-hydrogen) atoms. The van der Waals surface area contributed by atoms with Crippen molar-refractivity contribution in [2.24, 2.45) is 4.99 Å². The molecule has 1 aliphatic heterocycles. The van der Waals surface area contributed by atoms with E-state index in [1.54, 1.807) is 0 Å². The van der Waals surface area contributed by atoms with Crippen molar-refractivity contribution in [2.75, 3.05) is 38.7 Å². The highest BCUT2D eigenvalue weighted by atomic mass is 16.5. The lowest BCUT2D eigenvalue weighted by Crippen LogP contribution is -2.41. The third kappa shape index (κ3) is 5.22. The minimum absolute atomic E-state index is 0.320. The highest BCUT2D eigenvalue weighted by Gasteiger charge is 2.15. The van der Waals surface area contributed by atoms with Crippen LogP contribution in [0.4, 0.5) is 5.69 Å². The van der Waals surface area contributed by atoms with E-state index in [0.717, 1.165) is 38.5 Å². The minimum Gasteiger partial charge on any atom is -0.378 e. The molecule has 1 heterocycles. The lowest BCUT2D eigenvalue weighted by Gasteiger charge is -2.15. The average Bonchev–Trinajstić information content (AvgIpc) is 3.03. The van der Waals surface area contributed by atoms with Crippen molar-refractivity contribution in [3.63, 3.8) is 0 Å². The number of hydrogen-bond acceptors (Lipinski definition) is 3. The molecule has 0 radical (unpaired) electrons. The van der Waals surface area contributed by atoms with Gasteiger partial charge in [0.1, 0.15) is 0 Å². The summed E-state index contributed by atoms with van der Waals surface area (Å²) < 4.78 is 5.64. The zero-order valence-electron chi connectivity index (χ0n) is 13.9. The molecule has 5 nitrogen and oxygen atoms in total. The Morgan fingerprint density at radius 1 is 1.36 bits per heavy atom. The second-order valence-corrected chi connectivity index (χ2v) is 5.78. The lowest BCUT2D eigenvalue weighted by atomic mass is 10.2. The van der Waals surface area contributed by atoms with Gasteiger partial charge in [-0.25, -0.2) is 4.99 Å². The molecular formula is C17H28N4O. The van der Waals surface area contributed by atoms with Crippen LogP contribution in [-0.4, -0.2) is 45.9 Å². The first-order chi connectivity index (χ1) is 10.7. The molecule has 0 amide bonds. The van der Waals surface area contributed by atoms with Crippen LogP contribution in [0.25, 0.3) is 0 Å². The molecule has 122 valence electrons. The third-order valence-corrected chi connectivity index (χ3v) is 3.71. The van der Waals surface area contributed by atoms with Gasteiger partial charge in [0, 0.05) is 39.5 Å². The molecule has 0 spiro atoms. The highest BCUT2D eigenvalue weighted by Crippen LogP contribution is 2.14. The number of ether oxygens (including phenoxy) is 1. The van der Waals surface area contributed by atoms with Crippen LogP contribution in [0.15, 0.2) is 29.3 Å². The number of anilines is 1. The van der Waals surface area contributed by atoms with Crippen molar-refractivity contribution in [3.8, 4) is 0 Å². The summed E-state index contributed by atoms with van der Waals surface area (Å²) in [4.78, 5) is 6.77. The van der Waals surface area contributed by atoms with E-state index < -0.39 is 0 Å². The Bertz CT molecular complexity index is 481. The van der Waals surface area contributed by atoms with Gasteiger partial charge in [0.05, 0.1) is 12.6 Å². The monoisotopic (exact) mass is 304 g/mol. The van der Waals surface area contributed by atoms with Crippen LogP contribution < -0.4 is 15.5 Å². The first-order valence-electron chi connectivity index (χ1n) is 8.09. The molecule has 1 unspecified atom stereocenters. The van der Waals surface area contributed by atoms with Crippen LogP contribution in [0.5, 0.6) is 0 Å². The van der Waals surface area contributed by atoms with Crippen LogP contribution in [0.3, 0.4) is 0 Å². The minimum atomic E-state index is 0.320. The van der Waals surface area contributed by atoms with Crippen molar-refractivity contribution >= 4 is 11.6 Å². The van der Waals surface area contributed by atoms with Crippen molar-refractivity contribution < 1.29 is 4.74 Å². The highest BCUT2D eigenvalue weighted by molar-refractivity contribution is 5.79.